The minimum Gasteiger partial charge on any atom is -0.392 e. The van der Waals surface area contributed by atoms with Gasteiger partial charge >= 0.3 is 0 Å². The smallest absolute Gasteiger partial charge is 0.182 e. The third kappa shape index (κ3) is 1.49. The van der Waals surface area contributed by atoms with Crippen LogP contribution in [0, 0.1) is 0 Å². The maximum absolute atomic E-state index is 8.96. The van der Waals surface area contributed by atoms with Crippen molar-refractivity contribution in [3.05, 3.63) is 0 Å². The Kier molecular flexibility index (Phi) is 1.92. The second-order valence-corrected chi connectivity index (χ2v) is 2.29. The topological polar surface area (TPSA) is 23.5 Å². The molecule has 0 saturated carbocycles. The Balaban J connectivity index is 2.23. The van der Waals surface area contributed by atoms with Crippen LogP contribution in [0.15, 0.2) is 0 Å². The molecule has 1 rings (SSSR count). The van der Waals surface area contributed by atoms with E-state index in [0.717, 1.165) is 19.4 Å². The molecule has 0 aliphatic carbocycles. The minimum atomic E-state index is -0.186. The van der Waals surface area contributed by atoms with Gasteiger partial charge in [0.1, 0.15) is 0 Å². The number of aliphatic hydroxyl groups is 1. The molecule has 1 unspecified atom stereocenters. The molecule has 0 amide bonds. The van der Waals surface area contributed by atoms with Crippen LogP contribution < -0.4 is 0 Å². The maximum Gasteiger partial charge on any atom is 0.182 e. The highest BCUT2D eigenvalue weighted by atomic mass is 16.3. The normalized spacial score (nSPS) is 32.9. The van der Waals surface area contributed by atoms with Crippen LogP contribution in [0.4, 0.5) is 0 Å². The van der Waals surface area contributed by atoms with Crippen LogP contribution in [0.25, 0.3) is 0 Å². The van der Waals surface area contributed by atoms with E-state index in [1.54, 1.807) is 4.81 Å². The molecule has 1 fully saturated rings. The zero-order valence-corrected chi connectivity index (χ0v) is 4.88. The van der Waals surface area contributed by atoms with E-state index in [-0.39, 0.29) is 6.10 Å². The van der Waals surface area contributed by atoms with Crippen LogP contribution in [-0.2, 0) is 0 Å². The fourth-order valence-electron chi connectivity index (χ4n) is 0.983. The van der Waals surface area contributed by atoms with E-state index in [0.29, 0.717) is 6.54 Å². The van der Waals surface area contributed by atoms with E-state index < -0.39 is 0 Å². The molecule has 0 aromatic rings. The second kappa shape index (κ2) is 2.51. The number of hydrogen-bond acceptors (Lipinski definition) is 2. The summed E-state index contributed by atoms with van der Waals surface area (Å²) in [5, 5.41) is 8.96. The van der Waals surface area contributed by atoms with E-state index in [1.165, 1.54) is 0 Å². The first-order chi connectivity index (χ1) is 3.79. The largest absolute Gasteiger partial charge is 0.392 e. The van der Waals surface area contributed by atoms with Gasteiger partial charge in [0, 0.05) is 6.54 Å². The van der Waals surface area contributed by atoms with Crippen molar-refractivity contribution in [2.24, 2.45) is 0 Å². The molecule has 44 valence electrons. The molecule has 0 aromatic heterocycles. The van der Waals surface area contributed by atoms with Gasteiger partial charge in [0.15, 0.2) is 7.98 Å². The van der Waals surface area contributed by atoms with Crippen molar-refractivity contribution in [2.75, 3.05) is 13.1 Å². The fraction of sp³-hybridized carbons (Fsp3) is 1.00. The van der Waals surface area contributed by atoms with Gasteiger partial charge in [-0.2, -0.15) is 0 Å². The van der Waals surface area contributed by atoms with Gasteiger partial charge in [-0.25, -0.2) is 0 Å². The summed E-state index contributed by atoms with van der Waals surface area (Å²) in [5.74, 6) is 0. The molecule has 1 saturated heterocycles. The Morgan fingerprint density at radius 3 is 2.75 bits per heavy atom. The lowest BCUT2D eigenvalue weighted by Crippen LogP contribution is -2.36. The van der Waals surface area contributed by atoms with E-state index >= 15 is 0 Å². The first kappa shape index (κ1) is 6.11. The van der Waals surface area contributed by atoms with E-state index in [2.05, 4.69) is 0 Å². The van der Waals surface area contributed by atoms with Crippen LogP contribution in [0.2, 0.25) is 0 Å². The number of hydrogen-bond donors (Lipinski definition) is 1. The predicted molar refractivity (Wildman–Crippen MR) is 32.6 cm³/mol. The zero-order valence-electron chi connectivity index (χ0n) is 4.88. The average molecular weight is 111 g/mol. The van der Waals surface area contributed by atoms with E-state index in [9.17, 15) is 0 Å². The van der Waals surface area contributed by atoms with E-state index in [4.69, 9.17) is 13.1 Å². The molecular formula is C5H10BNO. The number of rotatable bonds is 0. The lowest BCUT2D eigenvalue weighted by Gasteiger charge is -2.26. The number of β-amino-alcohol motifs (C(OH)–C–C–N with tert-alkyl or cyclic N) is 1. The summed E-state index contributed by atoms with van der Waals surface area (Å²) in [6.45, 7) is 1.57. The molecule has 0 spiro atoms. The number of aliphatic hydroxyl groups excluding tert-OH is 1. The summed E-state index contributed by atoms with van der Waals surface area (Å²) in [5.41, 5.74) is 0. The van der Waals surface area contributed by atoms with Crippen LogP contribution in [0.1, 0.15) is 12.8 Å². The summed E-state index contributed by atoms with van der Waals surface area (Å²) >= 11 is 0. The van der Waals surface area contributed by atoms with Gasteiger partial charge in [0.05, 0.1) is 6.10 Å². The first-order valence-electron chi connectivity index (χ1n) is 2.97. The summed E-state index contributed by atoms with van der Waals surface area (Å²) < 4.78 is 0. The van der Waals surface area contributed by atoms with Gasteiger partial charge in [-0.3, -0.25) is 0 Å². The van der Waals surface area contributed by atoms with Gasteiger partial charge in [-0.1, -0.05) is 0 Å². The van der Waals surface area contributed by atoms with Crippen LogP contribution >= 0.6 is 0 Å². The van der Waals surface area contributed by atoms with Gasteiger partial charge in [0.2, 0.25) is 0 Å². The van der Waals surface area contributed by atoms with Crippen molar-refractivity contribution in [3.8, 4) is 0 Å². The van der Waals surface area contributed by atoms with Crippen molar-refractivity contribution in [2.45, 2.75) is 18.9 Å². The van der Waals surface area contributed by atoms with Crippen molar-refractivity contribution in [1.82, 2.24) is 4.81 Å². The highest BCUT2D eigenvalue weighted by Crippen LogP contribution is 2.05. The lowest BCUT2D eigenvalue weighted by atomic mass is 10.1. The fourth-order valence-corrected chi connectivity index (χ4v) is 0.983. The molecule has 1 N–H and O–H groups in total. The highest BCUT2D eigenvalue weighted by molar-refractivity contribution is 6.04. The van der Waals surface area contributed by atoms with Crippen LogP contribution in [0.3, 0.4) is 0 Å². The van der Waals surface area contributed by atoms with Crippen molar-refractivity contribution in [1.29, 1.82) is 0 Å². The molecule has 3 heteroatoms. The minimum absolute atomic E-state index is 0.186. The Labute approximate surface area is 50.9 Å². The summed E-state index contributed by atoms with van der Waals surface area (Å²) in [6.07, 6.45) is 1.75. The molecule has 2 nitrogen and oxygen atoms in total. The number of nitrogens with zero attached hydrogens (tertiary/aromatic N) is 1. The number of piperidine rings is 1. The molecule has 2 radical (unpaired) electrons. The predicted octanol–water partition coefficient (Wildman–Crippen LogP) is -0.473. The Hall–Kier alpha value is -0.0151. The Morgan fingerprint density at radius 2 is 2.38 bits per heavy atom. The molecular weight excluding hydrogens is 101 g/mol. The molecule has 0 aromatic carbocycles. The van der Waals surface area contributed by atoms with Gasteiger partial charge < -0.3 is 9.92 Å². The quantitative estimate of drug-likeness (QED) is 0.427. The standard InChI is InChI=1S/C5H10BNO/c6-7-3-1-2-5(8)4-7/h5,8H,1-4H2. The third-order valence-electron chi connectivity index (χ3n) is 1.43. The summed E-state index contributed by atoms with van der Waals surface area (Å²) in [6, 6.07) is 0. The van der Waals surface area contributed by atoms with Crippen LogP contribution in [0.5, 0.6) is 0 Å². The van der Waals surface area contributed by atoms with Crippen molar-refractivity contribution >= 4 is 7.98 Å². The molecule has 8 heavy (non-hydrogen) atoms. The monoisotopic (exact) mass is 111 g/mol. The van der Waals surface area contributed by atoms with Crippen LogP contribution in [-0.4, -0.2) is 37.1 Å². The SMILES string of the molecule is [B]N1CCCC(O)C1. The van der Waals surface area contributed by atoms with E-state index in [1.807, 2.05) is 0 Å². The Morgan fingerprint density at radius 1 is 1.62 bits per heavy atom. The highest BCUT2D eigenvalue weighted by Gasteiger charge is 2.12. The van der Waals surface area contributed by atoms with Gasteiger partial charge in [-0.05, 0) is 19.4 Å². The summed E-state index contributed by atoms with van der Waals surface area (Å²) in [4.78, 5) is 1.66. The molecule has 1 aliphatic rings. The molecule has 1 aliphatic heterocycles. The zero-order chi connectivity index (χ0) is 5.98. The van der Waals surface area contributed by atoms with Crippen molar-refractivity contribution < 1.29 is 5.11 Å². The molecule has 1 atom stereocenters. The van der Waals surface area contributed by atoms with Gasteiger partial charge in [-0.15, -0.1) is 0 Å². The first-order valence-corrected chi connectivity index (χ1v) is 2.97. The molecule has 1 heterocycles. The van der Waals surface area contributed by atoms with Gasteiger partial charge in [0.25, 0.3) is 0 Å². The molecule has 0 bridgehead atoms. The Bertz CT molecular complexity index is 70.8. The maximum atomic E-state index is 8.96. The average Bonchev–Trinajstić information content (AvgIpc) is 1.64. The summed E-state index contributed by atoms with van der Waals surface area (Å²) in [7, 11) is 5.40. The lowest BCUT2D eigenvalue weighted by molar-refractivity contribution is 0.109. The third-order valence-corrected chi connectivity index (χ3v) is 1.43. The second-order valence-electron chi connectivity index (χ2n) is 2.29. The van der Waals surface area contributed by atoms with Crippen molar-refractivity contribution in [3.63, 3.8) is 0 Å².